The molecule has 0 aliphatic carbocycles. The fourth-order valence-corrected chi connectivity index (χ4v) is 1.13. The maximum Gasteiger partial charge on any atom is 0.111 e. The Labute approximate surface area is 63.0 Å². The Morgan fingerprint density at radius 1 is 1.40 bits per heavy atom. The zero-order valence-electron chi connectivity index (χ0n) is 7.05. The summed E-state index contributed by atoms with van der Waals surface area (Å²) in [5.41, 5.74) is 0. The minimum Gasteiger partial charge on any atom is -0.362 e. The Bertz CT molecular complexity index is 97.4. The molecule has 1 aliphatic rings. The predicted octanol–water partition coefficient (Wildman–Crippen LogP) is 1.22. The Morgan fingerprint density at radius 3 is 2.50 bits per heavy atom. The van der Waals surface area contributed by atoms with Crippen LogP contribution in [0.3, 0.4) is 0 Å². The Kier molecular flexibility index (Phi) is 2.69. The molecule has 10 heavy (non-hydrogen) atoms. The lowest BCUT2D eigenvalue weighted by atomic mass is 9.96. The van der Waals surface area contributed by atoms with Crippen LogP contribution in [-0.2, 0) is 4.74 Å². The van der Waals surface area contributed by atoms with Crippen molar-refractivity contribution >= 4 is 0 Å². The minimum atomic E-state index is 0.306. The third kappa shape index (κ3) is 1.70. The summed E-state index contributed by atoms with van der Waals surface area (Å²) in [4.78, 5) is 0. The maximum atomic E-state index is 5.46. The maximum absolute atomic E-state index is 5.46. The molecule has 0 aromatic rings. The van der Waals surface area contributed by atoms with Gasteiger partial charge in [0.2, 0.25) is 0 Å². The predicted molar refractivity (Wildman–Crippen MR) is 41.7 cm³/mol. The molecule has 1 heterocycles. The molecule has 0 bridgehead atoms. The summed E-state index contributed by atoms with van der Waals surface area (Å²) in [6, 6.07) is 0. The molecule has 0 amide bonds. The number of ether oxygens (including phenoxy) is 1. The van der Waals surface area contributed by atoms with Crippen molar-refractivity contribution < 1.29 is 4.74 Å². The van der Waals surface area contributed by atoms with E-state index in [9.17, 15) is 0 Å². The third-order valence-corrected chi connectivity index (χ3v) is 2.27. The van der Waals surface area contributed by atoms with Crippen LogP contribution in [0.4, 0.5) is 0 Å². The van der Waals surface area contributed by atoms with Gasteiger partial charge in [0.1, 0.15) is 6.23 Å². The van der Waals surface area contributed by atoms with Gasteiger partial charge in [-0.3, -0.25) is 5.32 Å². The van der Waals surface area contributed by atoms with Crippen molar-refractivity contribution in [2.45, 2.75) is 27.0 Å². The van der Waals surface area contributed by atoms with Crippen LogP contribution in [0.2, 0.25) is 0 Å². The normalized spacial score (nSPS) is 29.4. The molecule has 2 atom stereocenters. The van der Waals surface area contributed by atoms with E-state index < -0.39 is 0 Å². The van der Waals surface area contributed by atoms with Crippen LogP contribution in [-0.4, -0.2) is 19.4 Å². The highest BCUT2D eigenvalue weighted by molar-refractivity contribution is 4.71. The number of hydrogen-bond donors (Lipinski definition) is 1. The Balaban J connectivity index is 2.32. The van der Waals surface area contributed by atoms with Gasteiger partial charge < -0.3 is 4.74 Å². The fraction of sp³-hybridized carbons (Fsp3) is 1.00. The van der Waals surface area contributed by atoms with Crippen LogP contribution >= 0.6 is 0 Å². The SMILES string of the molecule is CC(C)C(C)C1NCCO1. The van der Waals surface area contributed by atoms with Gasteiger partial charge in [0.05, 0.1) is 6.61 Å². The second-order valence-electron chi connectivity index (χ2n) is 3.35. The summed E-state index contributed by atoms with van der Waals surface area (Å²) in [6.07, 6.45) is 0.306. The van der Waals surface area contributed by atoms with E-state index in [1.807, 2.05) is 0 Å². The highest BCUT2D eigenvalue weighted by Gasteiger charge is 2.23. The molecule has 0 spiro atoms. The van der Waals surface area contributed by atoms with Crippen LogP contribution in [0.5, 0.6) is 0 Å². The second kappa shape index (κ2) is 3.35. The first-order valence-electron chi connectivity index (χ1n) is 4.07. The van der Waals surface area contributed by atoms with Crippen molar-refractivity contribution in [2.24, 2.45) is 11.8 Å². The molecule has 2 nitrogen and oxygen atoms in total. The van der Waals surface area contributed by atoms with E-state index in [4.69, 9.17) is 4.74 Å². The van der Waals surface area contributed by atoms with E-state index in [0.717, 1.165) is 13.2 Å². The smallest absolute Gasteiger partial charge is 0.111 e. The first kappa shape index (κ1) is 8.02. The van der Waals surface area contributed by atoms with Gasteiger partial charge in [-0.2, -0.15) is 0 Å². The lowest BCUT2D eigenvalue weighted by Crippen LogP contribution is -2.32. The summed E-state index contributed by atoms with van der Waals surface area (Å²) in [7, 11) is 0. The van der Waals surface area contributed by atoms with Crippen molar-refractivity contribution in [3.8, 4) is 0 Å². The molecule has 0 saturated carbocycles. The molecular weight excluding hydrogens is 126 g/mol. The van der Waals surface area contributed by atoms with Crippen molar-refractivity contribution in [1.82, 2.24) is 5.32 Å². The van der Waals surface area contributed by atoms with Gasteiger partial charge in [-0.05, 0) is 11.8 Å². The highest BCUT2D eigenvalue weighted by Crippen LogP contribution is 2.17. The molecular formula is C8H17NO. The zero-order valence-corrected chi connectivity index (χ0v) is 7.05. The Morgan fingerprint density at radius 2 is 2.10 bits per heavy atom. The molecule has 0 aromatic heterocycles. The molecule has 1 fully saturated rings. The summed E-state index contributed by atoms with van der Waals surface area (Å²) in [5, 5.41) is 3.32. The topological polar surface area (TPSA) is 21.3 Å². The van der Waals surface area contributed by atoms with E-state index in [0.29, 0.717) is 18.1 Å². The van der Waals surface area contributed by atoms with Gasteiger partial charge >= 0.3 is 0 Å². The van der Waals surface area contributed by atoms with E-state index in [-0.39, 0.29) is 0 Å². The van der Waals surface area contributed by atoms with Gasteiger partial charge in [0, 0.05) is 6.54 Å². The van der Waals surface area contributed by atoms with Crippen LogP contribution < -0.4 is 5.32 Å². The lowest BCUT2D eigenvalue weighted by molar-refractivity contribution is 0.0414. The van der Waals surface area contributed by atoms with Crippen LogP contribution in [0.25, 0.3) is 0 Å². The van der Waals surface area contributed by atoms with Crippen molar-refractivity contribution in [2.75, 3.05) is 13.2 Å². The quantitative estimate of drug-likeness (QED) is 0.627. The van der Waals surface area contributed by atoms with Crippen molar-refractivity contribution in [1.29, 1.82) is 0 Å². The van der Waals surface area contributed by atoms with Crippen LogP contribution in [0, 0.1) is 11.8 Å². The third-order valence-electron chi connectivity index (χ3n) is 2.27. The lowest BCUT2D eigenvalue weighted by Gasteiger charge is -2.21. The largest absolute Gasteiger partial charge is 0.362 e. The molecule has 2 heteroatoms. The number of hydrogen-bond acceptors (Lipinski definition) is 2. The van der Waals surface area contributed by atoms with Crippen LogP contribution in [0.1, 0.15) is 20.8 Å². The number of nitrogens with one attached hydrogen (secondary N) is 1. The first-order chi connectivity index (χ1) is 4.72. The van der Waals surface area contributed by atoms with Crippen molar-refractivity contribution in [3.05, 3.63) is 0 Å². The van der Waals surface area contributed by atoms with Gasteiger partial charge in [-0.25, -0.2) is 0 Å². The van der Waals surface area contributed by atoms with E-state index in [1.54, 1.807) is 0 Å². The van der Waals surface area contributed by atoms with Gasteiger partial charge in [0.25, 0.3) is 0 Å². The standard InChI is InChI=1S/C8H17NO/c1-6(2)7(3)8-9-4-5-10-8/h6-9H,4-5H2,1-3H3. The summed E-state index contributed by atoms with van der Waals surface area (Å²) < 4.78 is 5.46. The summed E-state index contributed by atoms with van der Waals surface area (Å²) in [5.74, 6) is 1.33. The van der Waals surface area contributed by atoms with Gasteiger partial charge in [-0.15, -0.1) is 0 Å². The fourth-order valence-electron chi connectivity index (χ4n) is 1.13. The van der Waals surface area contributed by atoms with Gasteiger partial charge in [0.15, 0.2) is 0 Å². The minimum absolute atomic E-state index is 0.306. The molecule has 1 saturated heterocycles. The summed E-state index contributed by atoms with van der Waals surface area (Å²) in [6.45, 7) is 8.58. The monoisotopic (exact) mass is 143 g/mol. The van der Waals surface area contributed by atoms with E-state index in [2.05, 4.69) is 26.1 Å². The molecule has 60 valence electrons. The van der Waals surface area contributed by atoms with Crippen molar-refractivity contribution in [3.63, 3.8) is 0 Å². The molecule has 0 radical (unpaired) electrons. The number of rotatable bonds is 2. The second-order valence-corrected chi connectivity index (χ2v) is 3.35. The molecule has 0 aromatic carbocycles. The summed E-state index contributed by atoms with van der Waals surface area (Å²) >= 11 is 0. The van der Waals surface area contributed by atoms with Gasteiger partial charge in [-0.1, -0.05) is 20.8 Å². The Hall–Kier alpha value is -0.0800. The van der Waals surface area contributed by atoms with E-state index >= 15 is 0 Å². The molecule has 2 unspecified atom stereocenters. The highest BCUT2D eigenvalue weighted by atomic mass is 16.5. The average Bonchev–Trinajstić information content (AvgIpc) is 2.36. The zero-order chi connectivity index (χ0) is 7.56. The van der Waals surface area contributed by atoms with E-state index in [1.165, 1.54) is 0 Å². The molecule has 1 N–H and O–H groups in total. The molecule has 1 aliphatic heterocycles. The molecule has 1 rings (SSSR count). The first-order valence-corrected chi connectivity index (χ1v) is 4.07. The average molecular weight is 143 g/mol. The van der Waals surface area contributed by atoms with Crippen LogP contribution in [0.15, 0.2) is 0 Å².